The molecule has 0 aliphatic heterocycles. The van der Waals surface area contributed by atoms with Crippen molar-refractivity contribution in [3.8, 4) is 0 Å². The van der Waals surface area contributed by atoms with Crippen LogP contribution in [0.25, 0.3) is 0 Å². The minimum Gasteiger partial charge on any atom is -0.330 e. The van der Waals surface area contributed by atoms with Crippen molar-refractivity contribution in [3.63, 3.8) is 0 Å². The lowest BCUT2D eigenvalue weighted by Crippen LogP contribution is -2.01. The summed E-state index contributed by atoms with van der Waals surface area (Å²) in [5.41, 5.74) is 9.63. The summed E-state index contributed by atoms with van der Waals surface area (Å²) in [6.07, 6.45) is 2.20. The first-order valence-corrected chi connectivity index (χ1v) is 4.50. The summed E-state index contributed by atoms with van der Waals surface area (Å²) < 4.78 is 0. The molecule has 0 aromatic heterocycles. The molecule has 0 heterocycles. The third kappa shape index (κ3) is 2.35. The van der Waals surface area contributed by atoms with E-state index in [1.54, 1.807) is 0 Å². The quantitative estimate of drug-likeness (QED) is 0.726. The maximum Gasteiger partial charge on any atom is -0.00741 e. The highest BCUT2D eigenvalue weighted by atomic mass is 14.5. The molecule has 66 valence electrons. The summed E-state index contributed by atoms with van der Waals surface area (Å²) in [5.74, 6) is 0. The minimum absolute atomic E-state index is 0.785. The van der Waals surface area contributed by atoms with E-state index in [1.807, 2.05) is 0 Å². The maximum absolute atomic E-state index is 5.46. The summed E-state index contributed by atoms with van der Waals surface area (Å²) >= 11 is 0. The molecule has 1 aromatic carbocycles. The Morgan fingerprint density at radius 1 is 1.25 bits per heavy atom. The maximum atomic E-state index is 5.46. The number of hydrogen-bond acceptors (Lipinski definition) is 1. The van der Waals surface area contributed by atoms with Crippen molar-refractivity contribution in [1.82, 2.24) is 0 Å². The summed E-state index contributed by atoms with van der Waals surface area (Å²) in [6, 6.07) is 6.59. The zero-order valence-corrected chi connectivity index (χ0v) is 7.93. The molecular weight excluding hydrogens is 146 g/mol. The molecule has 0 saturated heterocycles. The summed E-state index contributed by atoms with van der Waals surface area (Å²) in [4.78, 5) is 0. The van der Waals surface area contributed by atoms with Gasteiger partial charge in [-0.1, -0.05) is 23.8 Å². The van der Waals surface area contributed by atoms with Crippen molar-refractivity contribution in [3.05, 3.63) is 34.9 Å². The molecule has 0 aliphatic carbocycles. The predicted molar refractivity (Wildman–Crippen MR) is 53.3 cm³/mol. The van der Waals surface area contributed by atoms with Crippen LogP contribution in [-0.2, 0) is 6.42 Å². The van der Waals surface area contributed by atoms with E-state index in [9.17, 15) is 0 Å². The van der Waals surface area contributed by atoms with Crippen LogP contribution in [0.4, 0.5) is 0 Å². The molecule has 1 nitrogen and oxygen atoms in total. The smallest absolute Gasteiger partial charge is 0.00741 e. The minimum atomic E-state index is 0.785. The van der Waals surface area contributed by atoms with Crippen molar-refractivity contribution < 1.29 is 0 Å². The van der Waals surface area contributed by atoms with Gasteiger partial charge in [0.1, 0.15) is 0 Å². The molecule has 1 aromatic rings. The Balaban J connectivity index is 2.75. The highest BCUT2D eigenvalue weighted by Crippen LogP contribution is 2.11. The molecular formula is C11H17N. The van der Waals surface area contributed by atoms with Gasteiger partial charge in [0.2, 0.25) is 0 Å². The highest BCUT2D eigenvalue weighted by molar-refractivity contribution is 5.30. The average Bonchev–Trinajstić information content (AvgIpc) is 2.07. The molecule has 0 saturated carbocycles. The lowest BCUT2D eigenvalue weighted by atomic mass is 10.0. The molecule has 0 spiro atoms. The van der Waals surface area contributed by atoms with Crippen molar-refractivity contribution in [2.75, 3.05) is 6.54 Å². The van der Waals surface area contributed by atoms with Gasteiger partial charge in [0, 0.05) is 0 Å². The fourth-order valence-electron chi connectivity index (χ4n) is 1.36. The zero-order valence-electron chi connectivity index (χ0n) is 7.93. The molecule has 0 radical (unpaired) electrons. The normalized spacial score (nSPS) is 10.2. The summed E-state index contributed by atoms with van der Waals surface area (Å²) in [7, 11) is 0. The van der Waals surface area contributed by atoms with E-state index < -0.39 is 0 Å². The van der Waals surface area contributed by atoms with Crippen molar-refractivity contribution in [2.45, 2.75) is 26.7 Å². The molecule has 0 fully saturated rings. The zero-order chi connectivity index (χ0) is 8.97. The van der Waals surface area contributed by atoms with Crippen LogP contribution >= 0.6 is 0 Å². The second-order valence-electron chi connectivity index (χ2n) is 3.32. The van der Waals surface area contributed by atoms with Gasteiger partial charge in [0.05, 0.1) is 0 Å². The first kappa shape index (κ1) is 9.27. The third-order valence-electron chi connectivity index (χ3n) is 2.15. The standard InChI is InChI=1S/C11H17N/c1-9-5-6-10(2)11(8-9)4-3-7-12/h5-6,8H,3-4,7,12H2,1-2H3. The van der Waals surface area contributed by atoms with E-state index in [1.165, 1.54) is 16.7 Å². The lowest BCUT2D eigenvalue weighted by molar-refractivity contribution is 0.827. The van der Waals surface area contributed by atoms with Gasteiger partial charge >= 0.3 is 0 Å². The molecule has 0 unspecified atom stereocenters. The largest absolute Gasteiger partial charge is 0.330 e. The van der Waals surface area contributed by atoms with E-state index in [0.29, 0.717) is 0 Å². The Morgan fingerprint density at radius 3 is 2.67 bits per heavy atom. The van der Waals surface area contributed by atoms with Crippen LogP contribution in [0.5, 0.6) is 0 Å². The monoisotopic (exact) mass is 163 g/mol. The first-order valence-electron chi connectivity index (χ1n) is 4.50. The van der Waals surface area contributed by atoms with E-state index in [2.05, 4.69) is 32.0 Å². The SMILES string of the molecule is Cc1ccc(C)c(CCCN)c1. The molecule has 0 aliphatic rings. The highest BCUT2D eigenvalue weighted by Gasteiger charge is 1.97. The van der Waals surface area contributed by atoms with Crippen LogP contribution in [0.2, 0.25) is 0 Å². The molecule has 2 N–H and O–H groups in total. The number of rotatable bonds is 3. The van der Waals surface area contributed by atoms with Crippen molar-refractivity contribution in [2.24, 2.45) is 5.73 Å². The second kappa shape index (κ2) is 4.27. The molecule has 0 atom stereocenters. The fourth-order valence-corrected chi connectivity index (χ4v) is 1.36. The fraction of sp³-hybridized carbons (Fsp3) is 0.455. The van der Waals surface area contributed by atoms with E-state index in [0.717, 1.165) is 19.4 Å². The van der Waals surface area contributed by atoms with Crippen LogP contribution in [0.15, 0.2) is 18.2 Å². The van der Waals surface area contributed by atoms with Crippen LogP contribution in [0.1, 0.15) is 23.1 Å². The van der Waals surface area contributed by atoms with E-state index >= 15 is 0 Å². The van der Waals surface area contributed by atoms with E-state index in [-0.39, 0.29) is 0 Å². The summed E-state index contributed by atoms with van der Waals surface area (Å²) in [5, 5.41) is 0. The molecule has 1 rings (SSSR count). The van der Waals surface area contributed by atoms with Gasteiger partial charge in [-0.3, -0.25) is 0 Å². The third-order valence-corrected chi connectivity index (χ3v) is 2.15. The van der Waals surface area contributed by atoms with Gasteiger partial charge in [0.15, 0.2) is 0 Å². The Bertz CT molecular complexity index is 253. The van der Waals surface area contributed by atoms with Gasteiger partial charge in [-0.25, -0.2) is 0 Å². The number of benzene rings is 1. The Kier molecular flexibility index (Phi) is 3.30. The molecule has 0 bridgehead atoms. The lowest BCUT2D eigenvalue weighted by Gasteiger charge is -2.05. The van der Waals surface area contributed by atoms with Gasteiger partial charge in [-0.2, -0.15) is 0 Å². The Morgan fingerprint density at radius 2 is 2.00 bits per heavy atom. The Hall–Kier alpha value is -0.820. The van der Waals surface area contributed by atoms with Crippen molar-refractivity contribution in [1.29, 1.82) is 0 Å². The Labute approximate surface area is 74.6 Å². The van der Waals surface area contributed by atoms with Gasteiger partial charge in [-0.15, -0.1) is 0 Å². The number of aryl methyl sites for hydroxylation is 3. The second-order valence-corrected chi connectivity index (χ2v) is 3.32. The van der Waals surface area contributed by atoms with Crippen LogP contribution in [-0.4, -0.2) is 6.54 Å². The topological polar surface area (TPSA) is 26.0 Å². The van der Waals surface area contributed by atoms with Gasteiger partial charge < -0.3 is 5.73 Å². The summed E-state index contributed by atoms with van der Waals surface area (Å²) in [6.45, 7) is 5.07. The molecule has 12 heavy (non-hydrogen) atoms. The van der Waals surface area contributed by atoms with Crippen LogP contribution in [0, 0.1) is 13.8 Å². The van der Waals surface area contributed by atoms with Gasteiger partial charge in [0.25, 0.3) is 0 Å². The van der Waals surface area contributed by atoms with E-state index in [4.69, 9.17) is 5.73 Å². The van der Waals surface area contributed by atoms with Crippen molar-refractivity contribution >= 4 is 0 Å². The van der Waals surface area contributed by atoms with Gasteiger partial charge in [-0.05, 0) is 44.4 Å². The average molecular weight is 163 g/mol. The van der Waals surface area contributed by atoms with Crippen LogP contribution < -0.4 is 5.73 Å². The number of nitrogens with two attached hydrogens (primary N) is 1. The number of hydrogen-bond donors (Lipinski definition) is 1. The predicted octanol–water partition coefficient (Wildman–Crippen LogP) is 2.19. The first-order chi connectivity index (χ1) is 5.74. The van der Waals surface area contributed by atoms with Crippen LogP contribution in [0.3, 0.4) is 0 Å². The molecule has 1 heteroatoms. The molecule has 0 amide bonds.